The monoisotopic (exact) mass is 294 g/mol. The Morgan fingerprint density at radius 2 is 1.90 bits per heavy atom. The Balaban J connectivity index is 2.15. The number of likely N-dealkylation sites (tertiary alicyclic amines) is 1. The van der Waals surface area contributed by atoms with Crippen LogP contribution in [0.4, 0.5) is 0 Å². The zero-order valence-corrected chi connectivity index (χ0v) is 13.4. The summed E-state index contributed by atoms with van der Waals surface area (Å²) in [6, 6.07) is 0. The molecule has 2 N–H and O–H groups in total. The highest BCUT2D eigenvalue weighted by molar-refractivity contribution is 7.80. The van der Waals surface area contributed by atoms with E-state index in [1.165, 1.54) is 0 Å². The molecular formula is C14H22N4OS. The minimum atomic E-state index is -0.120. The lowest BCUT2D eigenvalue weighted by Gasteiger charge is -2.38. The van der Waals surface area contributed by atoms with Gasteiger partial charge in [-0.2, -0.15) is 5.10 Å². The lowest BCUT2D eigenvalue weighted by molar-refractivity contribution is 0.0668. The van der Waals surface area contributed by atoms with Crippen LogP contribution in [0, 0.1) is 19.3 Å². The van der Waals surface area contributed by atoms with Gasteiger partial charge in [-0.3, -0.25) is 9.48 Å². The Morgan fingerprint density at radius 3 is 2.30 bits per heavy atom. The number of aryl methyl sites for hydroxylation is 2. The van der Waals surface area contributed by atoms with Crippen LogP contribution in [0.15, 0.2) is 0 Å². The third-order valence-electron chi connectivity index (χ3n) is 4.47. The van der Waals surface area contributed by atoms with E-state index in [-0.39, 0.29) is 11.3 Å². The topological polar surface area (TPSA) is 64.2 Å². The van der Waals surface area contributed by atoms with Crippen LogP contribution in [0.1, 0.15) is 41.5 Å². The fourth-order valence-electron chi connectivity index (χ4n) is 2.69. The quantitative estimate of drug-likeness (QED) is 0.841. The summed E-state index contributed by atoms with van der Waals surface area (Å²) in [5, 5.41) is 4.31. The van der Waals surface area contributed by atoms with Gasteiger partial charge in [0.1, 0.15) is 0 Å². The second kappa shape index (κ2) is 5.16. The molecule has 0 aliphatic carbocycles. The van der Waals surface area contributed by atoms with Gasteiger partial charge in [-0.15, -0.1) is 0 Å². The van der Waals surface area contributed by atoms with Crippen LogP contribution in [0.25, 0.3) is 0 Å². The highest BCUT2D eigenvalue weighted by atomic mass is 32.1. The van der Waals surface area contributed by atoms with Crippen LogP contribution in [-0.4, -0.2) is 38.7 Å². The first-order valence-electron chi connectivity index (χ1n) is 6.85. The van der Waals surface area contributed by atoms with Crippen LogP contribution >= 0.6 is 12.2 Å². The minimum Gasteiger partial charge on any atom is -0.393 e. The van der Waals surface area contributed by atoms with E-state index >= 15 is 0 Å². The lowest BCUT2D eigenvalue weighted by Crippen LogP contribution is -2.46. The molecule has 0 aromatic carbocycles. The first kappa shape index (κ1) is 15.0. The van der Waals surface area contributed by atoms with Crippen molar-refractivity contribution < 1.29 is 4.79 Å². The van der Waals surface area contributed by atoms with Crippen LogP contribution in [0.2, 0.25) is 0 Å². The van der Waals surface area contributed by atoms with E-state index < -0.39 is 0 Å². The van der Waals surface area contributed by atoms with Crippen LogP contribution < -0.4 is 5.73 Å². The van der Waals surface area contributed by atoms with Gasteiger partial charge in [0.05, 0.1) is 16.2 Å². The average molecular weight is 294 g/mol. The zero-order valence-electron chi connectivity index (χ0n) is 12.6. The van der Waals surface area contributed by atoms with Crippen LogP contribution in [0.3, 0.4) is 0 Å². The molecule has 6 heteroatoms. The standard InChI is InChI=1S/C14H22N4OS/c1-9-11(10(2)17(4)16-9)12(19)18-7-5-14(3,6-8-18)13(15)20/h5-8H2,1-4H3,(H2,15,20). The van der Waals surface area contributed by atoms with Gasteiger partial charge in [0.15, 0.2) is 0 Å². The second-order valence-electron chi connectivity index (χ2n) is 5.89. The fraction of sp³-hybridized carbons (Fsp3) is 0.643. The fourth-order valence-corrected chi connectivity index (χ4v) is 2.90. The van der Waals surface area contributed by atoms with E-state index in [4.69, 9.17) is 18.0 Å². The maximum Gasteiger partial charge on any atom is 0.257 e. The Labute approximate surface area is 125 Å². The predicted molar refractivity (Wildman–Crippen MR) is 82.7 cm³/mol. The molecule has 1 saturated heterocycles. The molecule has 0 unspecified atom stereocenters. The van der Waals surface area contributed by atoms with Crippen LogP contribution in [0.5, 0.6) is 0 Å². The van der Waals surface area contributed by atoms with E-state index in [9.17, 15) is 4.79 Å². The van der Waals surface area contributed by atoms with E-state index in [1.807, 2.05) is 25.8 Å². The van der Waals surface area contributed by atoms with E-state index in [1.54, 1.807) is 4.68 Å². The third-order valence-corrected chi connectivity index (χ3v) is 4.96. The third kappa shape index (κ3) is 2.44. The molecule has 0 spiro atoms. The Kier molecular flexibility index (Phi) is 3.86. The van der Waals surface area contributed by atoms with Gasteiger partial charge in [0, 0.05) is 31.2 Å². The number of hydrogen-bond donors (Lipinski definition) is 1. The Hall–Kier alpha value is -1.43. The van der Waals surface area contributed by atoms with Gasteiger partial charge >= 0.3 is 0 Å². The number of amides is 1. The number of aromatic nitrogens is 2. The molecule has 1 amide bonds. The van der Waals surface area contributed by atoms with Gasteiger partial charge in [-0.25, -0.2) is 0 Å². The maximum absolute atomic E-state index is 12.6. The summed E-state index contributed by atoms with van der Waals surface area (Å²) < 4.78 is 1.76. The van der Waals surface area contributed by atoms with Crippen molar-refractivity contribution in [1.82, 2.24) is 14.7 Å². The SMILES string of the molecule is Cc1nn(C)c(C)c1C(=O)N1CCC(C)(C(N)=S)CC1. The average Bonchev–Trinajstić information content (AvgIpc) is 2.63. The molecule has 0 bridgehead atoms. The Morgan fingerprint density at radius 1 is 1.35 bits per heavy atom. The molecule has 0 radical (unpaired) electrons. The number of nitrogens with zero attached hydrogens (tertiary/aromatic N) is 3. The summed E-state index contributed by atoms with van der Waals surface area (Å²) in [6.07, 6.45) is 1.65. The van der Waals surface area contributed by atoms with Crippen molar-refractivity contribution in [1.29, 1.82) is 0 Å². The highest BCUT2D eigenvalue weighted by Gasteiger charge is 2.35. The molecular weight excluding hydrogens is 272 g/mol. The van der Waals surface area contributed by atoms with E-state index in [2.05, 4.69) is 12.0 Å². The molecule has 1 fully saturated rings. The number of carbonyl (C=O) groups is 1. The van der Waals surface area contributed by atoms with Gasteiger partial charge in [0.25, 0.3) is 5.91 Å². The highest BCUT2D eigenvalue weighted by Crippen LogP contribution is 2.32. The minimum absolute atomic E-state index is 0.0677. The summed E-state index contributed by atoms with van der Waals surface area (Å²) in [7, 11) is 1.86. The maximum atomic E-state index is 12.6. The summed E-state index contributed by atoms with van der Waals surface area (Å²) in [4.78, 5) is 15.1. The summed E-state index contributed by atoms with van der Waals surface area (Å²) in [6.45, 7) is 7.28. The zero-order chi connectivity index (χ0) is 15.1. The van der Waals surface area contributed by atoms with Crippen LogP contribution in [-0.2, 0) is 7.05 Å². The normalized spacial score (nSPS) is 18.1. The molecule has 1 aliphatic rings. The summed E-state index contributed by atoms with van der Waals surface area (Å²) >= 11 is 5.13. The predicted octanol–water partition coefficient (Wildman–Crippen LogP) is 1.57. The molecule has 0 saturated carbocycles. The van der Waals surface area contributed by atoms with Crippen molar-refractivity contribution in [2.45, 2.75) is 33.6 Å². The molecule has 1 aromatic rings. The number of thiocarbonyl (C=S) groups is 1. The first-order valence-corrected chi connectivity index (χ1v) is 7.26. The van der Waals surface area contributed by atoms with Crippen molar-refractivity contribution in [3.63, 3.8) is 0 Å². The van der Waals surface area contributed by atoms with Crippen molar-refractivity contribution in [3.05, 3.63) is 17.0 Å². The molecule has 20 heavy (non-hydrogen) atoms. The molecule has 1 aromatic heterocycles. The van der Waals surface area contributed by atoms with Gasteiger partial charge in [-0.05, 0) is 26.7 Å². The second-order valence-corrected chi connectivity index (χ2v) is 6.33. The smallest absolute Gasteiger partial charge is 0.257 e. The van der Waals surface area contributed by atoms with E-state index in [0.29, 0.717) is 18.1 Å². The molecule has 0 atom stereocenters. The van der Waals surface area contributed by atoms with Crippen molar-refractivity contribution in [2.24, 2.45) is 18.2 Å². The van der Waals surface area contributed by atoms with Crippen molar-refractivity contribution >= 4 is 23.1 Å². The largest absolute Gasteiger partial charge is 0.393 e. The van der Waals surface area contributed by atoms with Crippen molar-refractivity contribution in [2.75, 3.05) is 13.1 Å². The molecule has 1 aliphatic heterocycles. The number of rotatable bonds is 2. The molecule has 5 nitrogen and oxygen atoms in total. The number of carbonyl (C=O) groups excluding carboxylic acids is 1. The number of hydrogen-bond acceptors (Lipinski definition) is 3. The van der Waals surface area contributed by atoms with Crippen molar-refractivity contribution in [3.8, 4) is 0 Å². The van der Waals surface area contributed by atoms with Gasteiger partial charge in [-0.1, -0.05) is 19.1 Å². The number of nitrogens with two attached hydrogens (primary N) is 1. The van der Waals surface area contributed by atoms with E-state index in [0.717, 1.165) is 29.8 Å². The lowest BCUT2D eigenvalue weighted by atomic mass is 9.80. The molecule has 2 heterocycles. The molecule has 110 valence electrons. The first-order chi connectivity index (χ1) is 9.26. The van der Waals surface area contributed by atoms with Gasteiger partial charge < -0.3 is 10.6 Å². The summed E-state index contributed by atoms with van der Waals surface area (Å²) in [5.74, 6) is 0.0677. The Bertz CT molecular complexity index is 556. The van der Waals surface area contributed by atoms with Gasteiger partial charge in [0.2, 0.25) is 0 Å². The number of piperidine rings is 1. The molecule has 2 rings (SSSR count). The summed E-state index contributed by atoms with van der Waals surface area (Å²) in [5.41, 5.74) is 8.11.